The average molecular weight is 796 g/mol. The fourth-order valence-electron chi connectivity index (χ4n) is 6.87. The minimum Gasteiger partial charge on any atom is -0.501 e. The molecule has 0 N–H and O–H groups in total. The zero-order chi connectivity index (χ0) is 31.6. The van der Waals surface area contributed by atoms with Crippen LogP contribution in [0.25, 0.3) is 82.5 Å². The molecule has 5 heteroatoms. The maximum Gasteiger partial charge on any atom is 0.122 e. The van der Waals surface area contributed by atoms with Crippen LogP contribution >= 0.6 is 0 Å². The van der Waals surface area contributed by atoms with Crippen LogP contribution in [0.3, 0.4) is 0 Å². The van der Waals surface area contributed by atoms with Crippen LogP contribution in [-0.2, 0) is 20.1 Å². The van der Waals surface area contributed by atoms with E-state index in [1.165, 1.54) is 54.8 Å². The number of benzene rings is 5. The molecule has 5 heterocycles. The van der Waals surface area contributed by atoms with Crippen molar-refractivity contribution in [3.63, 3.8) is 0 Å². The van der Waals surface area contributed by atoms with Crippen LogP contribution in [-0.4, -0.2) is 14.4 Å². The molecule has 0 aliphatic rings. The molecule has 0 aliphatic carbocycles. The number of hydrogen-bond acceptors (Lipinski definition) is 3. The van der Waals surface area contributed by atoms with Crippen LogP contribution in [0.4, 0.5) is 0 Å². The molecule has 10 aromatic rings. The molecule has 5 aromatic carbocycles. The Morgan fingerprint density at radius 2 is 1.35 bits per heavy atom. The summed E-state index contributed by atoms with van der Waals surface area (Å²) in [4.78, 5) is 9.03. The Balaban J connectivity index is 0.000000203. The normalized spacial score (nSPS) is 11.5. The van der Waals surface area contributed by atoms with E-state index >= 15 is 0 Å². The number of hydrogen-bond donors (Lipinski definition) is 0. The van der Waals surface area contributed by atoms with Crippen molar-refractivity contribution in [3.8, 4) is 22.5 Å². The van der Waals surface area contributed by atoms with E-state index in [0.717, 1.165) is 44.5 Å². The van der Waals surface area contributed by atoms with E-state index in [1.54, 1.807) is 0 Å². The quantitative estimate of drug-likeness (QED) is 0.164. The first-order chi connectivity index (χ1) is 23.1. The second-order valence-corrected chi connectivity index (χ2v) is 12.2. The van der Waals surface area contributed by atoms with E-state index in [2.05, 4.69) is 108 Å². The van der Waals surface area contributed by atoms with Gasteiger partial charge >= 0.3 is 0 Å². The van der Waals surface area contributed by atoms with Crippen LogP contribution in [0.2, 0.25) is 0 Å². The molecule has 0 bridgehead atoms. The molecular weight excluding hydrogens is 767 g/mol. The summed E-state index contributed by atoms with van der Waals surface area (Å²) in [5, 5.41) is 7.25. The largest absolute Gasteiger partial charge is 0.501 e. The molecular formula is C43H29IrN3O-2. The van der Waals surface area contributed by atoms with E-state index in [4.69, 9.17) is 9.40 Å². The van der Waals surface area contributed by atoms with E-state index in [9.17, 15) is 0 Å². The van der Waals surface area contributed by atoms with Gasteiger partial charge in [0.25, 0.3) is 0 Å². The molecule has 4 nitrogen and oxygen atoms in total. The third-order valence-corrected chi connectivity index (χ3v) is 9.29. The molecule has 0 aliphatic heterocycles. The molecule has 48 heavy (non-hydrogen) atoms. The molecule has 5 aromatic heterocycles. The molecule has 0 spiro atoms. The Hall–Kier alpha value is -5.35. The van der Waals surface area contributed by atoms with Gasteiger partial charge in [0, 0.05) is 59.4 Å². The number of furan rings is 1. The van der Waals surface area contributed by atoms with Gasteiger partial charge in [0.05, 0.1) is 22.1 Å². The first-order valence-corrected chi connectivity index (χ1v) is 15.8. The molecule has 1 radical (unpaired) electrons. The zero-order valence-electron chi connectivity index (χ0n) is 26.6. The summed E-state index contributed by atoms with van der Waals surface area (Å²) in [6.45, 7) is 6.24. The van der Waals surface area contributed by atoms with Crippen LogP contribution in [0.15, 0.2) is 126 Å². The topological polar surface area (TPSA) is 43.3 Å². The molecule has 0 amide bonds. The van der Waals surface area contributed by atoms with Gasteiger partial charge in [-0.15, -0.1) is 54.1 Å². The third-order valence-electron chi connectivity index (χ3n) is 9.29. The molecule has 0 fully saturated rings. The van der Waals surface area contributed by atoms with Gasteiger partial charge in [-0.25, -0.2) is 0 Å². The van der Waals surface area contributed by atoms with Crippen molar-refractivity contribution in [3.05, 3.63) is 150 Å². The number of pyridine rings is 2. The summed E-state index contributed by atoms with van der Waals surface area (Å²) < 4.78 is 9.05. The molecule has 0 atom stereocenters. The van der Waals surface area contributed by atoms with Crippen molar-refractivity contribution in [1.29, 1.82) is 0 Å². The smallest absolute Gasteiger partial charge is 0.122 e. The molecule has 0 saturated carbocycles. The van der Waals surface area contributed by atoms with Crippen molar-refractivity contribution < 1.29 is 24.5 Å². The van der Waals surface area contributed by atoms with Gasteiger partial charge < -0.3 is 18.8 Å². The Kier molecular flexibility index (Phi) is 7.32. The third kappa shape index (κ3) is 4.62. The molecule has 0 unspecified atom stereocenters. The standard InChI is InChI=1S/C31H19N2O.C12H10N.Ir/c1-17-14-24(32-16-18(17)2)20-10-7-11-22-28-27(34-31(20)22)15-23-19-8-3-5-12-25(19)33-26-13-6-4-9-21(26)29(28)30(23)33;1-10-7-8-12(13-9-10)11-5-3-2-4-6-11;/h3-9,11-16H,1-2H3;2-5,7-9H,1H3;/q2*-1;. The molecule has 233 valence electrons. The fraction of sp³-hybridized carbons (Fsp3) is 0.0698. The van der Waals surface area contributed by atoms with Crippen molar-refractivity contribution in [2.24, 2.45) is 0 Å². The van der Waals surface area contributed by atoms with Gasteiger partial charge in [0.15, 0.2) is 0 Å². The van der Waals surface area contributed by atoms with Crippen LogP contribution in [0.5, 0.6) is 0 Å². The molecule has 10 rings (SSSR count). The van der Waals surface area contributed by atoms with Crippen molar-refractivity contribution in [1.82, 2.24) is 14.4 Å². The summed E-state index contributed by atoms with van der Waals surface area (Å²) in [6.07, 6.45) is 3.80. The van der Waals surface area contributed by atoms with Crippen LogP contribution < -0.4 is 0 Å². The number of para-hydroxylation sites is 2. The van der Waals surface area contributed by atoms with E-state index < -0.39 is 0 Å². The van der Waals surface area contributed by atoms with E-state index in [1.807, 2.05) is 55.7 Å². The summed E-state index contributed by atoms with van der Waals surface area (Å²) in [5.74, 6) is 0. The number of nitrogens with zero attached hydrogens (tertiary/aromatic N) is 3. The SMILES string of the molecule is Cc1ccc(-c2[c-]cccc2)nc1.Cc1cnc(-c2[c-]ccc3c2oc2cc4c5ccccc5n5c6ccccc6c(c23)c45)cc1C.[Ir]. The predicted molar refractivity (Wildman–Crippen MR) is 193 cm³/mol. The first-order valence-electron chi connectivity index (χ1n) is 15.8. The van der Waals surface area contributed by atoms with Crippen molar-refractivity contribution in [2.45, 2.75) is 20.8 Å². The Morgan fingerprint density at radius 1 is 0.604 bits per heavy atom. The number of rotatable bonds is 2. The van der Waals surface area contributed by atoms with Crippen LogP contribution in [0, 0.1) is 32.9 Å². The van der Waals surface area contributed by atoms with Gasteiger partial charge in [-0.05, 0) is 61.5 Å². The number of aryl methyl sites for hydroxylation is 3. The van der Waals surface area contributed by atoms with Crippen LogP contribution in [0.1, 0.15) is 16.7 Å². The maximum atomic E-state index is 6.63. The summed E-state index contributed by atoms with van der Waals surface area (Å²) in [5.41, 5.74) is 12.9. The monoisotopic (exact) mass is 796 g/mol. The fourth-order valence-corrected chi connectivity index (χ4v) is 6.87. The number of aromatic nitrogens is 3. The van der Waals surface area contributed by atoms with Gasteiger partial charge in [-0.3, -0.25) is 0 Å². The average Bonchev–Trinajstić information content (AvgIpc) is 3.77. The predicted octanol–water partition coefficient (Wildman–Crippen LogP) is 11.1. The zero-order valence-corrected chi connectivity index (χ0v) is 29.0. The minimum absolute atomic E-state index is 0. The van der Waals surface area contributed by atoms with Gasteiger partial charge in [0.2, 0.25) is 0 Å². The van der Waals surface area contributed by atoms with Crippen molar-refractivity contribution >= 4 is 60.0 Å². The van der Waals surface area contributed by atoms with E-state index in [-0.39, 0.29) is 20.1 Å². The second-order valence-electron chi connectivity index (χ2n) is 12.2. The Labute approximate surface area is 291 Å². The maximum absolute atomic E-state index is 6.63. The Bertz CT molecular complexity index is 2760. The van der Waals surface area contributed by atoms with Crippen molar-refractivity contribution in [2.75, 3.05) is 0 Å². The summed E-state index contributed by atoms with van der Waals surface area (Å²) >= 11 is 0. The van der Waals surface area contributed by atoms with Gasteiger partial charge in [-0.1, -0.05) is 71.1 Å². The summed E-state index contributed by atoms with van der Waals surface area (Å²) in [6, 6.07) is 44.3. The van der Waals surface area contributed by atoms with Gasteiger partial charge in [-0.2, -0.15) is 0 Å². The van der Waals surface area contributed by atoms with E-state index in [0.29, 0.717) is 0 Å². The van der Waals surface area contributed by atoms with Gasteiger partial charge in [0.1, 0.15) is 5.58 Å². The Morgan fingerprint density at radius 3 is 2.10 bits per heavy atom. The number of fused-ring (bicyclic) bond motifs is 10. The second kappa shape index (κ2) is 11.7. The molecule has 0 saturated heterocycles. The first kappa shape index (κ1) is 30.0. The minimum atomic E-state index is 0. The summed E-state index contributed by atoms with van der Waals surface area (Å²) in [7, 11) is 0.